The van der Waals surface area contributed by atoms with Gasteiger partial charge in [0, 0.05) is 18.0 Å². The second kappa shape index (κ2) is 9.08. The number of ether oxygens (including phenoxy) is 1. The topological polar surface area (TPSA) is 144 Å². The van der Waals surface area contributed by atoms with E-state index in [0.717, 1.165) is 6.33 Å². The van der Waals surface area contributed by atoms with Gasteiger partial charge in [-0.15, -0.1) is 0 Å². The van der Waals surface area contributed by atoms with Crippen LogP contribution in [0.25, 0.3) is 0 Å². The smallest absolute Gasteiger partial charge is 0.355 e. The van der Waals surface area contributed by atoms with Crippen molar-refractivity contribution in [3.05, 3.63) is 70.8 Å². The Hall–Kier alpha value is -4.28. The molecule has 0 saturated carbocycles. The molecule has 0 fully saturated rings. The first-order valence-electron chi connectivity index (χ1n) is 8.54. The Morgan fingerprint density at radius 1 is 1.14 bits per heavy atom. The number of amides is 1. The highest BCUT2D eigenvalue weighted by atomic mass is 16.6. The van der Waals surface area contributed by atoms with Gasteiger partial charge in [0.25, 0.3) is 5.91 Å². The summed E-state index contributed by atoms with van der Waals surface area (Å²) in [4.78, 5) is 34.8. The van der Waals surface area contributed by atoms with Crippen LogP contribution in [0.1, 0.15) is 17.3 Å². The van der Waals surface area contributed by atoms with Crippen molar-refractivity contribution in [1.29, 1.82) is 0 Å². The van der Waals surface area contributed by atoms with E-state index in [4.69, 9.17) is 4.74 Å². The maximum absolute atomic E-state index is 12.1. The number of carbonyl (C=O) groups excluding carboxylic acids is 1. The van der Waals surface area contributed by atoms with Crippen molar-refractivity contribution in [2.45, 2.75) is 6.92 Å². The summed E-state index contributed by atoms with van der Waals surface area (Å²) < 4.78 is 5.51. The van der Waals surface area contributed by atoms with E-state index in [9.17, 15) is 14.9 Å². The largest absolute Gasteiger partial charge is 0.492 e. The van der Waals surface area contributed by atoms with Crippen LogP contribution >= 0.6 is 0 Å². The van der Waals surface area contributed by atoms with Crippen LogP contribution in [0.4, 0.5) is 23.0 Å². The number of carbonyl (C=O) groups is 1. The van der Waals surface area contributed by atoms with E-state index in [1.165, 1.54) is 24.5 Å². The Kier molecular flexibility index (Phi) is 6.10. The Bertz CT molecular complexity index is 1010. The number of hydrazine groups is 1. The number of hydrogen-bond acceptors (Lipinski definition) is 9. The molecule has 0 bridgehead atoms. The average Bonchev–Trinajstić information content (AvgIpc) is 2.74. The van der Waals surface area contributed by atoms with Gasteiger partial charge in [0.05, 0.1) is 17.2 Å². The quantitative estimate of drug-likeness (QED) is 0.387. The SMILES string of the molecule is CCOc1ccccc1Nc1ncnc(NNC(=O)c2ccncc2)c1[N+](=O)[O-]. The monoisotopic (exact) mass is 395 g/mol. The second-order valence-electron chi connectivity index (χ2n) is 5.55. The average molecular weight is 395 g/mol. The van der Waals surface area contributed by atoms with Crippen molar-refractivity contribution in [2.24, 2.45) is 0 Å². The minimum absolute atomic E-state index is 0.0576. The molecular weight excluding hydrogens is 378 g/mol. The van der Waals surface area contributed by atoms with Crippen LogP contribution < -0.4 is 20.9 Å². The third kappa shape index (κ3) is 4.71. The van der Waals surface area contributed by atoms with Crippen molar-refractivity contribution in [1.82, 2.24) is 20.4 Å². The Morgan fingerprint density at radius 3 is 2.59 bits per heavy atom. The molecule has 3 N–H and O–H groups in total. The van der Waals surface area contributed by atoms with Gasteiger partial charge in [-0.25, -0.2) is 9.97 Å². The molecular formula is C18H17N7O4. The number of rotatable bonds is 8. The predicted molar refractivity (Wildman–Crippen MR) is 105 cm³/mol. The number of aromatic nitrogens is 3. The van der Waals surface area contributed by atoms with Crippen LogP contribution in [0.3, 0.4) is 0 Å². The molecule has 0 spiro atoms. The van der Waals surface area contributed by atoms with Crippen LogP contribution in [0.15, 0.2) is 55.1 Å². The minimum atomic E-state index is -0.646. The molecule has 0 aliphatic rings. The fourth-order valence-corrected chi connectivity index (χ4v) is 2.40. The molecule has 1 aromatic carbocycles. The van der Waals surface area contributed by atoms with Crippen molar-refractivity contribution in [2.75, 3.05) is 17.3 Å². The van der Waals surface area contributed by atoms with Crippen molar-refractivity contribution in [3.63, 3.8) is 0 Å². The summed E-state index contributed by atoms with van der Waals surface area (Å²) in [6.45, 7) is 2.26. The summed E-state index contributed by atoms with van der Waals surface area (Å²) in [6.07, 6.45) is 4.05. The molecule has 0 radical (unpaired) electrons. The molecule has 2 aromatic heterocycles. The summed E-state index contributed by atoms with van der Waals surface area (Å²) in [7, 11) is 0. The molecule has 3 rings (SSSR count). The molecule has 1 amide bonds. The molecule has 0 unspecified atom stereocenters. The van der Waals surface area contributed by atoms with E-state index in [1.807, 2.05) is 6.92 Å². The molecule has 0 saturated heterocycles. The first-order chi connectivity index (χ1) is 14.1. The second-order valence-corrected chi connectivity index (χ2v) is 5.55. The van der Waals surface area contributed by atoms with E-state index in [-0.39, 0.29) is 11.6 Å². The molecule has 0 aliphatic heterocycles. The van der Waals surface area contributed by atoms with Crippen molar-refractivity contribution < 1.29 is 14.5 Å². The van der Waals surface area contributed by atoms with E-state index >= 15 is 0 Å². The van der Waals surface area contributed by atoms with Crippen molar-refractivity contribution >= 4 is 28.9 Å². The lowest BCUT2D eigenvalue weighted by atomic mass is 10.2. The standard InChI is InChI=1S/C18H17N7O4/c1-2-29-14-6-4-3-5-13(14)22-16-15(25(27)28)17(21-11-20-16)23-24-18(26)12-7-9-19-10-8-12/h3-11H,2H2,1H3,(H,24,26)(H2,20,21,22,23). The molecule has 0 aliphatic carbocycles. The Labute approximate surface area is 165 Å². The number of pyridine rings is 1. The lowest BCUT2D eigenvalue weighted by Crippen LogP contribution is -2.30. The summed E-state index contributed by atoms with van der Waals surface area (Å²) in [5, 5.41) is 14.5. The summed E-state index contributed by atoms with van der Waals surface area (Å²) in [5.41, 5.74) is 5.24. The van der Waals surface area contributed by atoms with Gasteiger partial charge in [0.15, 0.2) is 0 Å². The number of nitro groups is 1. The van der Waals surface area contributed by atoms with Gasteiger partial charge in [0.2, 0.25) is 11.6 Å². The zero-order valence-corrected chi connectivity index (χ0v) is 15.3. The minimum Gasteiger partial charge on any atom is -0.492 e. The number of hydrogen-bond donors (Lipinski definition) is 3. The lowest BCUT2D eigenvalue weighted by molar-refractivity contribution is -0.383. The van der Waals surface area contributed by atoms with Gasteiger partial charge in [-0.1, -0.05) is 12.1 Å². The lowest BCUT2D eigenvalue weighted by Gasteiger charge is -2.13. The molecule has 11 heteroatoms. The first-order valence-corrected chi connectivity index (χ1v) is 8.54. The van der Waals surface area contributed by atoms with Gasteiger partial charge < -0.3 is 10.1 Å². The van der Waals surface area contributed by atoms with Crippen LogP contribution in [0.5, 0.6) is 5.75 Å². The number of nitrogens with one attached hydrogen (secondary N) is 3. The van der Waals surface area contributed by atoms with E-state index < -0.39 is 16.5 Å². The maximum Gasteiger partial charge on any atom is 0.355 e. The third-order valence-electron chi connectivity index (χ3n) is 3.68. The summed E-state index contributed by atoms with van der Waals surface area (Å²) in [5.74, 6) is -0.221. The number of para-hydroxylation sites is 2. The predicted octanol–water partition coefficient (Wildman–Crippen LogP) is 2.68. The summed E-state index contributed by atoms with van der Waals surface area (Å²) >= 11 is 0. The molecule has 3 aromatic rings. The highest BCUT2D eigenvalue weighted by Gasteiger charge is 2.24. The van der Waals surface area contributed by atoms with E-state index in [0.29, 0.717) is 23.6 Å². The fourth-order valence-electron chi connectivity index (χ4n) is 2.40. The molecule has 2 heterocycles. The summed E-state index contributed by atoms with van der Waals surface area (Å²) in [6, 6.07) is 9.98. The van der Waals surface area contributed by atoms with Gasteiger partial charge >= 0.3 is 5.69 Å². The van der Waals surface area contributed by atoms with Gasteiger partial charge in [0.1, 0.15) is 12.1 Å². The molecule has 29 heavy (non-hydrogen) atoms. The zero-order valence-electron chi connectivity index (χ0n) is 15.3. The third-order valence-corrected chi connectivity index (χ3v) is 3.68. The first kappa shape index (κ1) is 19.5. The molecule has 148 valence electrons. The Balaban J connectivity index is 1.85. The van der Waals surface area contributed by atoms with Gasteiger partial charge in [-0.2, -0.15) is 0 Å². The van der Waals surface area contributed by atoms with E-state index in [2.05, 4.69) is 31.1 Å². The zero-order chi connectivity index (χ0) is 20.6. The van der Waals surface area contributed by atoms with Gasteiger partial charge in [-0.05, 0) is 31.2 Å². The highest BCUT2D eigenvalue weighted by Crippen LogP contribution is 2.33. The molecule has 0 atom stereocenters. The maximum atomic E-state index is 12.1. The van der Waals surface area contributed by atoms with Crippen molar-refractivity contribution in [3.8, 4) is 5.75 Å². The van der Waals surface area contributed by atoms with Crippen LogP contribution in [-0.2, 0) is 0 Å². The Morgan fingerprint density at radius 2 is 1.86 bits per heavy atom. The number of nitrogens with zero attached hydrogens (tertiary/aromatic N) is 4. The normalized spacial score (nSPS) is 10.1. The van der Waals surface area contributed by atoms with Gasteiger partial charge in [-0.3, -0.25) is 30.7 Å². The molecule has 11 nitrogen and oxygen atoms in total. The number of benzene rings is 1. The highest BCUT2D eigenvalue weighted by molar-refractivity contribution is 5.95. The fraction of sp³-hybridized carbons (Fsp3) is 0.111. The van der Waals surface area contributed by atoms with Crippen LogP contribution in [-0.4, -0.2) is 32.4 Å². The van der Waals surface area contributed by atoms with Crippen LogP contribution in [0.2, 0.25) is 0 Å². The number of anilines is 3. The van der Waals surface area contributed by atoms with Crippen LogP contribution in [0, 0.1) is 10.1 Å². The van der Waals surface area contributed by atoms with E-state index in [1.54, 1.807) is 24.3 Å².